The Morgan fingerprint density at radius 1 is 0.484 bits per heavy atom. The van der Waals surface area contributed by atoms with Crippen molar-refractivity contribution in [1.29, 1.82) is 0 Å². The Hall–Kier alpha value is -4.65. The monoisotopic (exact) mass is 1460 g/mol. The van der Waals surface area contributed by atoms with Crippen LogP contribution in [0.1, 0.15) is 195 Å². The van der Waals surface area contributed by atoms with Gasteiger partial charge in [-0.25, -0.2) is 39.5 Å². The molecule has 0 radical (unpaired) electrons. The number of aromatic nitrogens is 6. The van der Waals surface area contributed by atoms with Crippen LogP contribution in [0, 0.1) is 41.3 Å². The van der Waals surface area contributed by atoms with E-state index in [1.165, 1.54) is 37.9 Å². The number of pyridine rings is 2. The molecule has 0 spiro atoms. The van der Waals surface area contributed by atoms with E-state index in [9.17, 15) is 58.7 Å². The highest BCUT2D eigenvalue weighted by Gasteiger charge is 2.52. The van der Waals surface area contributed by atoms with Crippen molar-refractivity contribution < 1.29 is 58.7 Å². The summed E-state index contributed by atoms with van der Waals surface area (Å²) in [4.78, 5) is 82.6. The second-order valence-electron chi connectivity index (χ2n) is 24.8. The highest BCUT2D eigenvalue weighted by molar-refractivity contribution is 9.10. The molecule has 93 heavy (non-hydrogen) atoms. The minimum absolute atomic E-state index is 0.0254. The smallest absolute Gasteiger partial charge is 0.252 e. The van der Waals surface area contributed by atoms with Gasteiger partial charge in [0.25, 0.3) is 25.7 Å². The predicted octanol–water partition coefficient (Wildman–Crippen LogP) is 16.8. The predicted molar refractivity (Wildman–Crippen MR) is 345 cm³/mol. The minimum Gasteiger partial charge on any atom is -0.335 e. The molecular formula is C65H86BrCl4F9N10O4. The number of halogens is 14. The Labute approximate surface area is 568 Å². The maximum absolute atomic E-state index is 13.8. The van der Waals surface area contributed by atoms with Crippen molar-refractivity contribution in [3.63, 3.8) is 0 Å². The van der Waals surface area contributed by atoms with E-state index in [0.717, 1.165) is 66.1 Å². The molecule has 4 aliphatic rings. The summed E-state index contributed by atoms with van der Waals surface area (Å²) in [5.41, 5.74) is -2.49. The van der Waals surface area contributed by atoms with Crippen molar-refractivity contribution in [2.24, 2.45) is 21.7 Å². The van der Waals surface area contributed by atoms with Crippen LogP contribution in [0.15, 0.2) is 66.2 Å². The van der Waals surface area contributed by atoms with E-state index in [-0.39, 0.29) is 73.7 Å². The average Bonchev–Trinajstić information content (AvgIpc) is 1.80. The van der Waals surface area contributed by atoms with Crippen LogP contribution in [0.4, 0.5) is 39.5 Å². The van der Waals surface area contributed by atoms with Gasteiger partial charge in [-0.2, -0.15) is 0 Å². The normalized spacial score (nSPS) is 20.7. The Kier molecular flexibility index (Phi) is 31.6. The van der Waals surface area contributed by atoms with E-state index in [2.05, 4.69) is 45.8 Å². The van der Waals surface area contributed by atoms with Gasteiger partial charge < -0.3 is 19.6 Å². The summed E-state index contributed by atoms with van der Waals surface area (Å²) in [6.45, 7) is 11.1. The van der Waals surface area contributed by atoms with E-state index >= 15 is 0 Å². The van der Waals surface area contributed by atoms with Crippen LogP contribution in [0.2, 0.25) is 0 Å². The fourth-order valence-electron chi connectivity index (χ4n) is 12.4. The molecule has 0 bridgehead atoms. The van der Waals surface area contributed by atoms with Gasteiger partial charge in [0.15, 0.2) is 0 Å². The van der Waals surface area contributed by atoms with Crippen molar-refractivity contribution >= 4 is 86.0 Å². The van der Waals surface area contributed by atoms with Crippen molar-refractivity contribution in [3.05, 3.63) is 106 Å². The van der Waals surface area contributed by atoms with Gasteiger partial charge in [-0.15, -0.1) is 46.4 Å². The van der Waals surface area contributed by atoms with Gasteiger partial charge >= 0.3 is 0 Å². The maximum Gasteiger partial charge on any atom is 0.252 e. The summed E-state index contributed by atoms with van der Waals surface area (Å²) in [6.07, 6.45) is 9.36. The fourth-order valence-corrected chi connectivity index (χ4v) is 13.3. The quantitative estimate of drug-likeness (QED) is 0.0462. The average molecular weight is 1460 g/mol. The fraction of sp³-hybridized carbons (Fsp3) is 0.662. The Balaban J connectivity index is 0.000000225. The maximum atomic E-state index is 13.8. The van der Waals surface area contributed by atoms with Crippen LogP contribution >= 0.6 is 62.3 Å². The Morgan fingerprint density at radius 2 is 0.828 bits per heavy atom. The van der Waals surface area contributed by atoms with Gasteiger partial charge in [0.1, 0.15) is 27.5 Å². The molecule has 0 aliphatic carbocycles. The number of alkyl halides is 12. The molecular weight excluding hydrogens is 1380 g/mol. The zero-order valence-corrected chi connectivity index (χ0v) is 58.1. The molecule has 4 saturated heterocycles. The molecule has 8 unspecified atom stereocenters. The highest BCUT2D eigenvalue weighted by Crippen LogP contribution is 2.45. The van der Waals surface area contributed by atoms with Gasteiger partial charge in [-0.1, -0.05) is 6.92 Å². The van der Waals surface area contributed by atoms with E-state index in [1.54, 1.807) is 58.8 Å². The minimum atomic E-state index is -2.77. The first-order valence-electron chi connectivity index (χ1n) is 31.5. The highest BCUT2D eigenvalue weighted by atomic mass is 79.9. The first kappa shape index (κ1) is 79.0. The van der Waals surface area contributed by atoms with Crippen LogP contribution in [0.25, 0.3) is 0 Å². The summed E-state index contributed by atoms with van der Waals surface area (Å²) >= 11 is 25.9. The van der Waals surface area contributed by atoms with E-state index in [1.807, 2.05) is 19.9 Å². The lowest BCUT2D eigenvalue weighted by Crippen LogP contribution is -2.47. The Morgan fingerprint density at radius 3 is 1.15 bits per heavy atom. The number of rotatable bonds is 25. The zero-order valence-electron chi connectivity index (χ0n) is 53.5. The van der Waals surface area contributed by atoms with Gasteiger partial charge in [-0.3, -0.25) is 49.1 Å². The number of hydrogen-bond donors (Lipinski definition) is 0. The molecule has 28 heteroatoms. The van der Waals surface area contributed by atoms with Gasteiger partial charge in [0, 0.05) is 85.2 Å². The van der Waals surface area contributed by atoms with E-state index in [0.29, 0.717) is 81.7 Å². The van der Waals surface area contributed by atoms with Crippen molar-refractivity contribution in [2.45, 2.75) is 201 Å². The largest absolute Gasteiger partial charge is 0.335 e. The molecule has 0 aromatic carbocycles. The third-order valence-electron chi connectivity index (χ3n) is 18.2. The summed E-state index contributed by atoms with van der Waals surface area (Å²) in [5, 5.41) is 0. The molecule has 0 saturated carbocycles. The molecule has 4 aliphatic heterocycles. The zero-order chi connectivity index (χ0) is 68.8. The molecule has 518 valence electrons. The SMILES string of the molecule is CC(CCCCl)(C(=O)N1CCCC1c1cncc(Br)c1)C(F)F.CC(CCCCl)(C(=O)N1CCCC1c1cncc(F)c1)C(F)F.CCC(CCCCl)(C(=O)N1CCCC1c1cnc(C)cn1)C(F)F.Cc1cnc(C2CCCN2C(=O)C(C)(CCCCl)C(F)F)cn1. The lowest BCUT2D eigenvalue weighted by Gasteiger charge is -2.36. The summed E-state index contributed by atoms with van der Waals surface area (Å²) in [6, 6.07) is 2.06. The number of nitrogens with zero attached hydrogens (tertiary/aromatic N) is 10. The van der Waals surface area contributed by atoms with Crippen LogP contribution in [0.5, 0.6) is 0 Å². The molecule has 4 aromatic rings. The first-order chi connectivity index (χ1) is 44.1. The number of likely N-dealkylation sites (tertiary alicyclic amines) is 4. The molecule has 0 N–H and O–H groups in total. The lowest BCUT2D eigenvalue weighted by atomic mass is 9.79. The number of aryl methyl sites for hydroxylation is 2. The third-order valence-corrected chi connectivity index (χ3v) is 19.7. The summed E-state index contributed by atoms with van der Waals surface area (Å²) in [5.74, 6) is -1.53. The standard InChI is InChI=1S/C17H24ClF2N3O.C16H20BrClF2N2O.C16H20ClF3N2O.C16H22ClF2N3O/c1-3-17(15(19)20,7-5-8-18)16(24)23-9-4-6-14(23)13-11-21-12(2)10-22-13;1-16(14(19)20,5-3-6-18)15(23)22-7-2-4-13(22)11-8-12(17)10-21-9-11;1-16(14(19)20,5-3-6-17)15(23)22-7-2-4-13(22)11-8-12(18)10-21-9-11;1-11-9-21-12(10-20-11)13-5-3-8-22(13)15(23)16(2,14(18)19)6-4-7-17/h10-11,14-15H,3-9H2,1-2H3;2*8-10,13-14H,2-7H2,1H3;9-10,13-14H,3-8H2,1-2H3. The second kappa shape index (κ2) is 37.2. The van der Waals surface area contributed by atoms with Crippen LogP contribution in [0.3, 0.4) is 0 Å². The van der Waals surface area contributed by atoms with Crippen molar-refractivity contribution in [2.75, 3.05) is 49.7 Å². The van der Waals surface area contributed by atoms with Crippen LogP contribution in [-0.2, 0) is 19.2 Å². The van der Waals surface area contributed by atoms with Gasteiger partial charge in [0.2, 0.25) is 23.6 Å². The van der Waals surface area contributed by atoms with Gasteiger partial charge in [0.05, 0.1) is 65.5 Å². The molecule has 14 nitrogen and oxygen atoms in total. The first-order valence-corrected chi connectivity index (χ1v) is 34.5. The number of hydrogen-bond acceptors (Lipinski definition) is 10. The molecule has 8 atom stereocenters. The van der Waals surface area contributed by atoms with E-state index < -0.39 is 82.8 Å². The summed E-state index contributed by atoms with van der Waals surface area (Å²) < 4.78 is 123. The van der Waals surface area contributed by atoms with Crippen molar-refractivity contribution in [3.8, 4) is 0 Å². The van der Waals surface area contributed by atoms with Crippen LogP contribution < -0.4 is 0 Å². The molecule has 8 heterocycles. The second-order valence-corrected chi connectivity index (χ2v) is 27.2. The molecule has 8 rings (SSSR count). The number of carbonyl (C=O) groups is 4. The van der Waals surface area contributed by atoms with Gasteiger partial charge in [-0.05, 0) is 183 Å². The third kappa shape index (κ3) is 20.0. The number of amides is 4. The molecule has 4 fully saturated rings. The van der Waals surface area contributed by atoms with E-state index in [4.69, 9.17) is 46.4 Å². The summed E-state index contributed by atoms with van der Waals surface area (Å²) in [7, 11) is 0. The molecule has 4 amide bonds. The topological polar surface area (TPSA) is 159 Å². The Bertz CT molecular complexity index is 2900. The lowest BCUT2D eigenvalue weighted by molar-refractivity contribution is -0.155. The molecule has 4 aromatic heterocycles. The number of carbonyl (C=O) groups excluding carboxylic acids is 4. The van der Waals surface area contributed by atoms with Crippen molar-refractivity contribution in [1.82, 2.24) is 49.5 Å². The van der Waals surface area contributed by atoms with Crippen LogP contribution in [-0.4, -0.2) is 149 Å².